The van der Waals surface area contributed by atoms with Crippen LogP contribution in [-0.2, 0) is 9.59 Å². The zero-order valence-electron chi connectivity index (χ0n) is 14.0. The number of amides is 2. The maximum absolute atomic E-state index is 12.0. The second-order valence-corrected chi connectivity index (χ2v) is 6.88. The van der Waals surface area contributed by atoms with Crippen LogP contribution >= 0.6 is 23.4 Å². The van der Waals surface area contributed by atoms with Crippen LogP contribution in [0.5, 0.6) is 5.75 Å². The fraction of sp³-hybridized carbons (Fsp3) is 0.222. The number of benzene rings is 2. The summed E-state index contributed by atoms with van der Waals surface area (Å²) >= 11 is 7.27. The maximum atomic E-state index is 12.0. The molecule has 132 valence electrons. The van der Waals surface area contributed by atoms with Crippen molar-refractivity contribution in [2.24, 2.45) is 0 Å². The molecule has 1 N–H and O–H groups in total. The third kappa shape index (κ3) is 6.68. The minimum atomic E-state index is -0.114. The van der Waals surface area contributed by atoms with Crippen LogP contribution < -0.4 is 10.1 Å². The monoisotopic (exact) mass is 378 g/mol. The normalized spacial score (nSPS) is 10.2. The van der Waals surface area contributed by atoms with Crippen molar-refractivity contribution in [2.45, 2.75) is 4.90 Å². The summed E-state index contributed by atoms with van der Waals surface area (Å²) in [5, 5.41) is 3.49. The van der Waals surface area contributed by atoms with Gasteiger partial charge in [-0.2, -0.15) is 0 Å². The van der Waals surface area contributed by atoms with Crippen LogP contribution in [0, 0.1) is 0 Å². The average Bonchev–Trinajstić information content (AvgIpc) is 2.60. The summed E-state index contributed by atoms with van der Waals surface area (Å²) in [6.45, 7) is -0.0174. The molecule has 0 radical (unpaired) electrons. The molecular formula is C18H19ClN2O3S. The highest BCUT2D eigenvalue weighted by atomic mass is 35.5. The summed E-state index contributed by atoms with van der Waals surface area (Å²) in [6.07, 6.45) is 0. The third-order valence-corrected chi connectivity index (χ3v) is 4.45. The molecule has 0 unspecified atom stereocenters. The number of thioether (sulfide) groups is 1. The third-order valence-electron chi connectivity index (χ3n) is 3.18. The van der Waals surface area contributed by atoms with E-state index in [0.29, 0.717) is 22.2 Å². The summed E-state index contributed by atoms with van der Waals surface area (Å²) in [6, 6.07) is 14.2. The number of hydrogen-bond donors (Lipinski definition) is 1. The summed E-state index contributed by atoms with van der Waals surface area (Å²) in [4.78, 5) is 25.9. The molecule has 2 amide bonds. The van der Waals surface area contributed by atoms with Crippen molar-refractivity contribution in [1.29, 1.82) is 0 Å². The number of anilines is 1. The molecule has 0 aliphatic rings. The highest BCUT2D eigenvalue weighted by molar-refractivity contribution is 8.00. The first kappa shape index (κ1) is 19.1. The van der Waals surface area contributed by atoms with Gasteiger partial charge in [-0.1, -0.05) is 11.6 Å². The number of carbonyl (C=O) groups excluding carboxylic acids is 2. The Bertz CT molecular complexity index is 718. The molecule has 0 fully saturated rings. The lowest BCUT2D eigenvalue weighted by Gasteiger charge is -2.11. The van der Waals surface area contributed by atoms with Crippen molar-refractivity contribution in [3.8, 4) is 5.75 Å². The second-order valence-electron chi connectivity index (χ2n) is 5.39. The summed E-state index contributed by atoms with van der Waals surface area (Å²) in [5.41, 5.74) is 0.674. The van der Waals surface area contributed by atoms with Gasteiger partial charge in [-0.25, -0.2) is 0 Å². The largest absolute Gasteiger partial charge is 0.484 e. The van der Waals surface area contributed by atoms with E-state index in [4.69, 9.17) is 16.3 Å². The SMILES string of the molecule is CN(C)C(=O)COc1ccc(NC(=O)CSc2ccc(Cl)cc2)cc1. The van der Waals surface area contributed by atoms with Gasteiger partial charge in [-0.15, -0.1) is 11.8 Å². The first-order valence-corrected chi connectivity index (χ1v) is 8.91. The molecular weight excluding hydrogens is 360 g/mol. The minimum absolute atomic E-state index is 0.0174. The fourth-order valence-corrected chi connectivity index (χ4v) is 2.61. The molecule has 2 aromatic rings. The summed E-state index contributed by atoms with van der Waals surface area (Å²) in [7, 11) is 3.35. The van der Waals surface area contributed by atoms with Crippen molar-refractivity contribution >= 4 is 40.9 Å². The molecule has 25 heavy (non-hydrogen) atoms. The van der Waals surface area contributed by atoms with Crippen LogP contribution in [0.4, 0.5) is 5.69 Å². The molecule has 0 saturated carbocycles. The molecule has 0 bridgehead atoms. The molecule has 0 spiro atoms. The van der Waals surface area contributed by atoms with Crippen LogP contribution in [0.1, 0.15) is 0 Å². The molecule has 5 nitrogen and oxygen atoms in total. The number of hydrogen-bond acceptors (Lipinski definition) is 4. The zero-order chi connectivity index (χ0) is 18.2. The first-order valence-electron chi connectivity index (χ1n) is 7.55. The van der Waals surface area contributed by atoms with Gasteiger partial charge in [0.15, 0.2) is 6.61 Å². The van der Waals surface area contributed by atoms with Gasteiger partial charge in [-0.05, 0) is 48.5 Å². The highest BCUT2D eigenvalue weighted by Crippen LogP contribution is 2.21. The Kier molecular flexibility index (Phi) is 7.16. The van der Waals surface area contributed by atoms with Crippen LogP contribution in [0.25, 0.3) is 0 Å². The van der Waals surface area contributed by atoms with Crippen molar-refractivity contribution in [1.82, 2.24) is 4.90 Å². The van der Waals surface area contributed by atoms with Gasteiger partial charge in [0.25, 0.3) is 5.91 Å². The molecule has 0 aromatic heterocycles. The summed E-state index contributed by atoms with van der Waals surface area (Å²) in [5.74, 6) is 0.661. The van der Waals surface area contributed by atoms with E-state index in [-0.39, 0.29) is 18.4 Å². The molecule has 0 aliphatic carbocycles. The first-order chi connectivity index (χ1) is 11.9. The lowest BCUT2D eigenvalue weighted by atomic mass is 10.3. The molecule has 0 aliphatic heterocycles. The van der Waals surface area contributed by atoms with E-state index >= 15 is 0 Å². The van der Waals surface area contributed by atoms with Crippen LogP contribution in [-0.4, -0.2) is 43.2 Å². The fourth-order valence-electron chi connectivity index (χ4n) is 1.79. The molecule has 2 aromatic carbocycles. The van der Waals surface area contributed by atoms with E-state index in [1.807, 2.05) is 12.1 Å². The zero-order valence-corrected chi connectivity index (χ0v) is 15.6. The number of nitrogens with zero attached hydrogens (tertiary/aromatic N) is 1. The number of rotatable bonds is 7. The Hall–Kier alpha value is -2.18. The van der Waals surface area contributed by atoms with Gasteiger partial charge in [0.1, 0.15) is 5.75 Å². The Morgan fingerprint density at radius 2 is 1.72 bits per heavy atom. The molecule has 7 heteroatoms. The van der Waals surface area contributed by atoms with E-state index in [2.05, 4.69) is 5.32 Å². The Morgan fingerprint density at radius 3 is 2.32 bits per heavy atom. The second kappa shape index (κ2) is 9.34. The van der Waals surface area contributed by atoms with E-state index in [1.54, 1.807) is 50.5 Å². The van der Waals surface area contributed by atoms with Gasteiger partial charge in [0.05, 0.1) is 5.75 Å². The Balaban J connectivity index is 1.78. The van der Waals surface area contributed by atoms with E-state index in [1.165, 1.54) is 16.7 Å². The predicted molar refractivity (Wildman–Crippen MR) is 101 cm³/mol. The Morgan fingerprint density at radius 1 is 1.08 bits per heavy atom. The lowest BCUT2D eigenvalue weighted by Crippen LogP contribution is -2.27. The summed E-state index contributed by atoms with van der Waals surface area (Å²) < 4.78 is 5.39. The van der Waals surface area contributed by atoms with Crippen molar-refractivity contribution in [3.63, 3.8) is 0 Å². The van der Waals surface area contributed by atoms with Crippen molar-refractivity contribution in [3.05, 3.63) is 53.6 Å². The number of carbonyl (C=O) groups is 2. The minimum Gasteiger partial charge on any atom is -0.484 e. The Labute approximate surface area is 156 Å². The van der Waals surface area contributed by atoms with E-state index in [0.717, 1.165) is 4.90 Å². The number of likely N-dealkylation sites (N-methyl/N-ethyl adjacent to an activating group) is 1. The maximum Gasteiger partial charge on any atom is 0.259 e. The standard InChI is InChI=1S/C18H19ClN2O3S/c1-21(2)18(23)11-24-15-7-5-14(6-8-15)20-17(22)12-25-16-9-3-13(19)4-10-16/h3-10H,11-12H2,1-2H3,(H,20,22). The molecule has 0 atom stereocenters. The van der Waals surface area contributed by atoms with Gasteiger partial charge in [0.2, 0.25) is 5.91 Å². The number of ether oxygens (including phenoxy) is 1. The van der Waals surface area contributed by atoms with Crippen LogP contribution in [0.2, 0.25) is 5.02 Å². The lowest BCUT2D eigenvalue weighted by molar-refractivity contribution is -0.130. The van der Waals surface area contributed by atoms with Gasteiger partial charge in [0, 0.05) is 29.7 Å². The van der Waals surface area contributed by atoms with Crippen LogP contribution in [0.3, 0.4) is 0 Å². The van der Waals surface area contributed by atoms with Crippen molar-refractivity contribution in [2.75, 3.05) is 31.8 Å². The number of halogens is 1. The van der Waals surface area contributed by atoms with Gasteiger partial charge >= 0.3 is 0 Å². The average molecular weight is 379 g/mol. The van der Waals surface area contributed by atoms with Gasteiger partial charge in [-0.3, -0.25) is 9.59 Å². The topological polar surface area (TPSA) is 58.6 Å². The smallest absolute Gasteiger partial charge is 0.259 e. The van der Waals surface area contributed by atoms with Crippen LogP contribution in [0.15, 0.2) is 53.4 Å². The predicted octanol–water partition coefficient (Wildman–Crippen LogP) is 3.54. The van der Waals surface area contributed by atoms with E-state index in [9.17, 15) is 9.59 Å². The highest BCUT2D eigenvalue weighted by Gasteiger charge is 2.06. The van der Waals surface area contributed by atoms with Crippen molar-refractivity contribution < 1.29 is 14.3 Å². The van der Waals surface area contributed by atoms with Gasteiger partial charge < -0.3 is 15.0 Å². The number of nitrogens with one attached hydrogen (secondary N) is 1. The quantitative estimate of drug-likeness (QED) is 0.749. The van der Waals surface area contributed by atoms with E-state index < -0.39 is 0 Å². The molecule has 0 heterocycles. The molecule has 2 rings (SSSR count). The molecule has 0 saturated heterocycles.